The van der Waals surface area contributed by atoms with Crippen molar-refractivity contribution < 1.29 is 5.21 Å². The molecule has 0 aliphatic carbocycles. The second-order valence-corrected chi connectivity index (χ2v) is 3.91. The van der Waals surface area contributed by atoms with E-state index in [1.54, 1.807) is 6.20 Å². The van der Waals surface area contributed by atoms with E-state index >= 15 is 0 Å². The number of aryl methyl sites for hydroxylation is 1. The van der Waals surface area contributed by atoms with Gasteiger partial charge < -0.3 is 5.21 Å². The molecule has 0 unspecified atom stereocenters. The summed E-state index contributed by atoms with van der Waals surface area (Å²) in [6.45, 7) is 2.01. The van der Waals surface area contributed by atoms with E-state index in [0.29, 0.717) is 12.1 Å². The molecule has 0 radical (unpaired) electrons. The van der Waals surface area contributed by atoms with E-state index < -0.39 is 0 Å². The molecule has 17 heavy (non-hydrogen) atoms. The molecule has 0 atom stereocenters. The van der Waals surface area contributed by atoms with Crippen molar-refractivity contribution in [1.29, 1.82) is 0 Å². The largest absolute Gasteiger partial charge is 0.411 e. The first-order chi connectivity index (χ1) is 8.29. The van der Waals surface area contributed by atoms with Crippen molar-refractivity contribution in [3.63, 3.8) is 0 Å². The third-order valence-electron chi connectivity index (χ3n) is 2.55. The summed E-state index contributed by atoms with van der Waals surface area (Å²) in [6.07, 6.45) is 2.27. The van der Waals surface area contributed by atoms with Gasteiger partial charge in [0.25, 0.3) is 0 Å². The smallest absolute Gasteiger partial charge is 0.0927 e. The third-order valence-corrected chi connectivity index (χ3v) is 2.55. The van der Waals surface area contributed by atoms with Crippen molar-refractivity contribution in [3.8, 4) is 0 Å². The lowest BCUT2D eigenvalue weighted by molar-refractivity contribution is 0.318. The number of rotatable bonds is 3. The van der Waals surface area contributed by atoms with Gasteiger partial charge in [-0.05, 0) is 24.6 Å². The maximum absolute atomic E-state index is 9.09. The predicted octanol–water partition coefficient (Wildman–Crippen LogP) is 2.81. The van der Waals surface area contributed by atoms with Crippen molar-refractivity contribution in [2.24, 2.45) is 5.16 Å². The van der Waals surface area contributed by atoms with E-state index in [0.717, 1.165) is 16.8 Å². The van der Waals surface area contributed by atoms with E-state index in [1.165, 1.54) is 0 Å². The molecule has 1 heterocycles. The molecule has 0 amide bonds. The molecule has 0 saturated carbocycles. The first-order valence-corrected chi connectivity index (χ1v) is 5.47. The highest BCUT2D eigenvalue weighted by molar-refractivity contribution is 6.01. The summed E-state index contributed by atoms with van der Waals surface area (Å²) in [7, 11) is 0. The summed E-state index contributed by atoms with van der Waals surface area (Å²) in [6, 6.07) is 13.6. The van der Waals surface area contributed by atoms with Gasteiger partial charge in [0, 0.05) is 18.3 Å². The van der Waals surface area contributed by atoms with Crippen LogP contribution in [0, 0.1) is 6.92 Å². The lowest BCUT2D eigenvalue weighted by Gasteiger charge is -2.05. The van der Waals surface area contributed by atoms with Crippen LogP contribution in [-0.2, 0) is 6.42 Å². The number of benzene rings is 1. The van der Waals surface area contributed by atoms with Crippen LogP contribution in [0.3, 0.4) is 0 Å². The van der Waals surface area contributed by atoms with Gasteiger partial charge in [-0.2, -0.15) is 0 Å². The van der Waals surface area contributed by atoms with E-state index in [4.69, 9.17) is 5.21 Å². The average Bonchev–Trinajstić information content (AvgIpc) is 2.37. The minimum absolute atomic E-state index is 0.529. The standard InChI is InChI=1S/C14H14N2O/c1-11-5-4-6-12(9-11)14(16-17)10-13-7-2-3-8-15-13/h2-9,17H,10H2,1H3. The minimum Gasteiger partial charge on any atom is -0.411 e. The molecule has 3 nitrogen and oxygen atoms in total. The number of aromatic nitrogens is 1. The molecule has 1 N–H and O–H groups in total. The van der Waals surface area contributed by atoms with E-state index in [9.17, 15) is 0 Å². The van der Waals surface area contributed by atoms with Crippen molar-refractivity contribution in [2.45, 2.75) is 13.3 Å². The summed E-state index contributed by atoms with van der Waals surface area (Å²) in [4.78, 5) is 4.22. The number of hydrogen-bond donors (Lipinski definition) is 1. The second-order valence-electron chi connectivity index (χ2n) is 3.91. The topological polar surface area (TPSA) is 45.5 Å². The fourth-order valence-electron chi connectivity index (χ4n) is 1.69. The predicted molar refractivity (Wildman–Crippen MR) is 67.4 cm³/mol. The zero-order valence-corrected chi connectivity index (χ0v) is 9.67. The Kier molecular flexibility index (Phi) is 3.50. The van der Waals surface area contributed by atoms with Gasteiger partial charge in [0.15, 0.2) is 0 Å². The number of nitrogens with zero attached hydrogens (tertiary/aromatic N) is 2. The Morgan fingerprint density at radius 2 is 2.12 bits per heavy atom. The zero-order chi connectivity index (χ0) is 12.1. The molecule has 0 aliphatic heterocycles. The Morgan fingerprint density at radius 1 is 1.24 bits per heavy atom. The lowest BCUT2D eigenvalue weighted by Crippen LogP contribution is -2.06. The van der Waals surface area contributed by atoms with E-state index in [-0.39, 0.29) is 0 Å². The summed E-state index contributed by atoms with van der Waals surface area (Å²) in [5.41, 5.74) is 3.59. The number of pyridine rings is 1. The molecular weight excluding hydrogens is 212 g/mol. The SMILES string of the molecule is Cc1cccc(C(Cc2ccccn2)=NO)c1. The zero-order valence-electron chi connectivity index (χ0n) is 9.67. The van der Waals surface area contributed by atoms with Crippen molar-refractivity contribution >= 4 is 5.71 Å². The van der Waals surface area contributed by atoms with Crippen LogP contribution in [0.1, 0.15) is 16.8 Å². The third kappa shape index (κ3) is 2.91. The van der Waals surface area contributed by atoms with Crippen LogP contribution in [0.4, 0.5) is 0 Å². The highest BCUT2D eigenvalue weighted by Crippen LogP contribution is 2.09. The van der Waals surface area contributed by atoms with Gasteiger partial charge in [-0.1, -0.05) is 41.1 Å². The molecule has 2 aromatic rings. The fourth-order valence-corrected chi connectivity index (χ4v) is 1.69. The normalized spacial score (nSPS) is 11.5. The number of oxime groups is 1. The van der Waals surface area contributed by atoms with Crippen LogP contribution in [0.15, 0.2) is 53.8 Å². The Morgan fingerprint density at radius 3 is 2.76 bits per heavy atom. The molecule has 1 aromatic carbocycles. The van der Waals surface area contributed by atoms with Gasteiger partial charge in [-0.3, -0.25) is 4.98 Å². The molecule has 0 fully saturated rings. The molecule has 0 aliphatic rings. The number of hydrogen-bond acceptors (Lipinski definition) is 3. The summed E-state index contributed by atoms with van der Waals surface area (Å²) >= 11 is 0. The Labute approximate surface area is 100 Å². The second kappa shape index (κ2) is 5.25. The van der Waals surface area contributed by atoms with Gasteiger partial charge in [-0.15, -0.1) is 0 Å². The average molecular weight is 226 g/mol. The first kappa shape index (κ1) is 11.3. The minimum atomic E-state index is 0.529. The first-order valence-electron chi connectivity index (χ1n) is 5.47. The van der Waals surface area contributed by atoms with E-state index in [1.807, 2.05) is 49.4 Å². The molecular formula is C14H14N2O. The van der Waals surface area contributed by atoms with Gasteiger partial charge in [0.05, 0.1) is 5.71 Å². The van der Waals surface area contributed by atoms with Crippen molar-refractivity contribution in [2.75, 3.05) is 0 Å². The monoisotopic (exact) mass is 226 g/mol. The maximum atomic E-state index is 9.09. The highest BCUT2D eigenvalue weighted by Gasteiger charge is 2.06. The fraction of sp³-hybridized carbons (Fsp3) is 0.143. The van der Waals surface area contributed by atoms with Crippen LogP contribution in [0.5, 0.6) is 0 Å². The quantitative estimate of drug-likeness (QED) is 0.497. The Hall–Kier alpha value is -2.16. The Balaban J connectivity index is 2.24. The summed E-state index contributed by atoms with van der Waals surface area (Å²) < 4.78 is 0. The van der Waals surface area contributed by atoms with Crippen molar-refractivity contribution in [1.82, 2.24) is 4.98 Å². The summed E-state index contributed by atoms with van der Waals surface area (Å²) in [5.74, 6) is 0. The molecule has 1 aromatic heterocycles. The molecule has 3 heteroatoms. The van der Waals surface area contributed by atoms with Crippen LogP contribution in [0.25, 0.3) is 0 Å². The summed E-state index contributed by atoms with van der Waals surface area (Å²) in [5, 5.41) is 12.5. The van der Waals surface area contributed by atoms with Gasteiger partial charge in [-0.25, -0.2) is 0 Å². The molecule has 86 valence electrons. The van der Waals surface area contributed by atoms with Crippen LogP contribution < -0.4 is 0 Å². The molecule has 0 spiro atoms. The lowest BCUT2D eigenvalue weighted by atomic mass is 10.0. The Bertz CT molecular complexity index is 521. The maximum Gasteiger partial charge on any atom is 0.0927 e. The van der Waals surface area contributed by atoms with Crippen LogP contribution in [0.2, 0.25) is 0 Å². The van der Waals surface area contributed by atoms with Gasteiger partial charge in [0.2, 0.25) is 0 Å². The molecule has 0 saturated heterocycles. The highest BCUT2D eigenvalue weighted by atomic mass is 16.4. The van der Waals surface area contributed by atoms with Crippen LogP contribution in [-0.4, -0.2) is 15.9 Å². The van der Waals surface area contributed by atoms with Gasteiger partial charge >= 0.3 is 0 Å². The van der Waals surface area contributed by atoms with E-state index in [2.05, 4.69) is 10.1 Å². The van der Waals surface area contributed by atoms with Gasteiger partial charge in [0.1, 0.15) is 0 Å². The van der Waals surface area contributed by atoms with Crippen LogP contribution >= 0.6 is 0 Å². The molecule has 2 rings (SSSR count). The van der Waals surface area contributed by atoms with Crippen molar-refractivity contribution in [3.05, 3.63) is 65.5 Å². The molecule has 0 bridgehead atoms.